The number of benzene rings is 1. The van der Waals surface area contributed by atoms with E-state index in [1.165, 1.54) is 18.3 Å². The highest BCUT2D eigenvalue weighted by molar-refractivity contribution is 5.76. The number of aliphatic hydroxyl groups excluding tert-OH is 1. The minimum Gasteiger partial charge on any atom is -0.506 e. The summed E-state index contributed by atoms with van der Waals surface area (Å²) in [6.45, 7) is 5.89. The quantitative estimate of drug-likeness (QED) is 0.651. The zero-order chi connectivity index (χ0) is 23.6. The molecular weight excluding hydrogens is 437 g/mol. The highest BCUT2D eigenvalue weighted by Crippen LogP contribution is 2.34. The van der Waals surface area contributed by atoms with Crippen molar-refractivity contribution < 1.29 is 27.8 Å². The molecule has 1 aromatic carbocycles. The molecule has 2 fully saturated rings. The van der Waals surface area contributed by atoms with Crippen LogP contribution in [-0.2, 0) is 17.5 Å². The Morgan fingerprint density at radius 3 is 2.45 bits per heavy atom. The minimum atomic E-state index is -4.41. The van der Waals surface area contributed by atoms with Crippen molar-refractivity contribution in [2.24, 2.45) is 0 Å². The highest BCUT2D eigenvalue weighted by Gasteiger charge is 2.32. The molecule has 178 valence electrons. The molecule has 0 atom stereocenters. The molecule has 1 amide bonds. The summed E-state index contributed by atoms with van der Waals surface area (Å²) in [6, 6.07) is 5.34. The van der Waals surface area contributed by atoms with Gasteiger partial charge >= 0.3 is 12.2 Å². The smallest absolute Gasteiger partial charge is 0.416 e. The zero-order valence-electron chi connectivity index (χ0n) is 18.2. The lowest BCUT2D eigenvalue weighted by Gasteiger charge is -2.31. The van der Waals surface area contributed by atoms with Crippen molar-refractivity contribution >= 4 is 17.5 Å². The number of amides is 1. The van der Waals surface area contributed by atoms with Crippen LogP contribution < -0.4 is 4.90 Å². The molecule has 0 aliphatic carbocycles. The first-order chi connectivity index (χ1) is 15.7. The first-order valence-electron chi connectivity index (χ1n) is 11.0. The first kappa shape index (κ1) is 23.2. The van der Waals surface area contributed by atoms with E-state index in [2.05, 4.69) is 11.7 Å². The summed E-state index contributed by atoms with van der Waals surface area (Å²) >= 11 is 0. The average Bonchev–Trinajstić information content (AvgIpc) is 3.49. The second-order valence-corrected chi connectivity index (χ2v) is 8.45. The number of piperidine rings is 1. The van der Waals surface area contributed by atoms with Crippen LogP contribution in [0, 0.1) is 0 Å². The first-order valence-corrected chi connectivity index (χ1v) is 11.0. The molecular formula is C23H27F3N4O3. The topological polar surface area (TPSA) is 70.8 Å². The number of aliphatic hydroxyl groups is 1. The van der Waals surface area contributed by atoms with Crippen LogP contribution in [0.1, 0.15) is 42.5 Å². The fourth-order valence-corrected chi connectivity index (χ4v) is 4.24. The summed E-state index contributed by atoms with van der Waals surface area (Å²) in [5.74, 6) is -0.212. The average molecular weight is 464 g/mol. The normalized spacial score (nSPS) is 17.5. The Labute approximate surface area is 190 Å². The molecule has 2 aliphatic heterocycles. The summed E-state index contributed by atoms with van der Waals surface area (Å²) < 4.78 is 47.3. The van der Waals surface area contributed by atoms with E-state index in [1.807, 2.05) is 4.90 Å². The van der Waals surface area contributed by atoms with Crippen LogP contribution in [0.5, 0.6) is 0 Å². The van der Waals surface area contributed by atoms with E-state index < -0.39 is 11.7 Å². The van der Waals surface area contributed by atoms with E-state index in [0.717, 1.165) is 36.7 Å². The van der Waals surface area contributed by atoms with Gasteiger partial charge in [-0.15, -0.1) is 0 Å². The molecule has 1 N–H and O–H groups in total. The molecule has 1 aromatic heterocycles. The van der Waals surface area contributed by atoms with Crippen molar-refractivity contribution in [2.75, 3.05) is 31.1 Å². The van der Waals surface area contributed by atoms with E-state index in [9.17, 15) is 23.1 Å². The van der Waals surface area contributed by atoms with Gasteiger partial charge in [-0.05, 0) is 55.5 Å². The van der Waals surface area contributed by atoms with Crippen LogP contribution >= 0.6 is 0 Å². The third-order valence-electron chi connectivity index (χ3n) is 6.06. The van der Waals surface area contributed by atoms with E-state index in [-0.39, 0.29) is 30.2 Å². The van der Waals surface area contributed by atoms with Crippen molar-refractivity contribution in [1.29, 1.82) is 0 Å². The molecule has 0 bridgehead atoms. The lowest BCUT2D eigenvalue weighted by atomic mass is 10.1. The Bertz CT molecular complexity index is 1010. The second kappa shape index (κ2) is 9.46. The number of likely N-dealkylation sites (tertiary alicyclic amines) is 1. The van der Waals surface area contributed by atoms with Gasteiger partial charge < -0.3 is 19.6 Å². The van der Waals surface area contributed by atoms with Gasteiger partial charge in [-0.2, -0.15) is 23.0 Å². The standard InChI is InChI=1S/C23H27F3N4O3/c1-16(31)21-6-11-30(27-21)22(32)29-9-4-20(5-10-29)33-15-17-12-18(23(24,25)26)14-19(13-17)28-7-2-3-8-28/h6,11-14,20,31H,1-5,7-10,15H2. The Kier molecular flexibility index (Phi) is 6.64. The molecule has 0 radical (unpaired) electrons. The SMILES string of the molecule is C=C(O)c1ccn(C(=O)N2CCC(OCc3cc(N4CCCC4)cc(C(F)(F)F)c3)CC2)n1. The number of nitrogens with zero attached hydrogens (tertiary/aromatic N) is 4. The lowest BCUT2D eigenvalue weighted by molar-refractivity contribution is -0.137. The van der Waals surface area contributed by atoms with Crippen LogP contribution in [0.2, 0.25) is 0 Å². The number of carbonyl (C=O) groups excluding carboxylic acids is 1. The van der Waals surface area contributed by atoms with Gasteiger partial charge in [-0.25, -0.2) is 4.79 Å². The summed E-state index contributed by atoms with van der Waals surface area (Å²) in [5.41, 5.74) is 0.662. The van der Waals surface area contributed by atoms with Gasteiger partial charge in [-0.1, -0.05) is 6.58 Å². The van der Waals surface area contributed by atoms with Gasteiger partial charge in [-0.3, -0.25) is 0 Å². The molecule has 0 unspecified atom stereocenters. The Balaban J connectivity index is 1.35. The maximum absolute atomic E-state index is 13.4. The zero-order valence-corrected chi connectivity index (χ0v) is 18.2. The van der Waals surface area contributed by atoms with Crippen molar-refractivity contribution in [1.82, 2.24) is 14.7 Å². The van der Waals surface area contributed by atoms with Crippen molar-refractivity contribution in [2.45, 2.75) is 44.6 Å². The number of carbonyl (C=O) groups is 1. The number of halogens is 3. The molecule has 7 nitrogen and oxygen atoms in total. The van der Waals surface area contributed by atoms with Gasteiger partial charge in [0.25, 0.3) is 0 Å². The molecule has 0 saturated carbocycles. The minimum absolute atomic E-state index is 0.0878. The molecule has 4 rings (SSSR count). The van der Waals surface area contributed by atoms with E-state index in [4.69, 9.17) is 4.74 Å². The molecule has 2 saturated heterocycles. The fourth-order valence-electron chi connectivity index (χ4n) is 4.24. The molecule has 33 heavy (non-hydrogen) atoms. The predicted molar refractivity (Wildman–Crippen MR) is 117 cm³/mol. The van der Waals surface area contributed by atoms with Crippen molar-refractivity contribution in [3.63, 3.8) is 0 Å². The van der Waals surface area contributed by atoms with Crippen LogP contribution in [0.4, 0.5) is 23.7 Å². The Hall–Kier alpha value is -3.01. The number of rotatable bonds is 5. The van der Waals surface area contributed by atoms with Crippen molar-refractivity contribution in [3.8, 4) is 0 Å². The summed E-state index contributed by atoms with van der Waals surface area (Å²) in [7, 11) is 0. The second-order valence-electron chi connectivity index (χ2n) is 8.45. The molecule has 3 heterocycles. The van der Waals surface area contributed by atoms with Gasteiger partial charge in [0.1, 0.15) is 11.5 Å². The Morgan fingerprint density at radius 1 is 1.15 bits per heavy atom. The van der Waals surface area contributed by atoms with Crippen LogP contribution in [0.25, 0.3) is 5.76 Å². The highest BCUT2D eigenvalue weighted by atomic mass is 19.4. The van der Waals surface area contributed by atoms with Gasteiger partial charge in [0.2, 0.25) is 0 Å². The van der Waals surface area contributed by atoms with E-state index in [0.29, 0.717) is 37.2 Å². The third kappa shape index (κ3) is 5.50. The van der Waals surface area contributed by atoms with E-state index in [1.54, 1.807) is 11.0 Å². The van der Waals surface area contributed by atoms with Gasteiger partial charge in [0.05, 0.1) is 18.3 Å². The van der Waals surface area contributed by atoms with Gasteiger partial charge in [0, 0.05) is 38.1 Å². The van der Waals surface area contributed by atoms with Crippen LogP contribution in [0.3, 0.4) is 0 Å². The monoisotopic (exact) mass is 464 g/mol. The number of hydrogen-bond acceptors (Lipinski definition) is 5. The molecule has 0 spiro atoms. The molecule has 10 heteroatoms. The third-order valence-corrected chi connectivity index (χ3v) is 6.06. The van der Waals surface area contributed by atoms with Gasteiger partial charge in [0.15, 0.2) is 0 Å². The van der Waals surface area contributed by atoms with Crippen LogP contribution in [0.15, 0.2) is 37.0 Å². The predicted octanol–water partition coefficient (Wildman–Crippen LogP) is 4.68. The summed E-state index contributed by atoms with van der Waals surface area (Å²) in [6.07, 6.45) is 0.0130. The van der Waals surface area contributed by atoms with E-state index >= 15 is 0 Å². The molecule has 2 aromatic rings. The fraction of sp³-hybridized carbons (Fsp3) is 0.478. The maximum atomic E-state index is 13.4. The summed E-state index contributed by atoms with van der Waals surface area (Å²) in [4.78, 5) is 16.2. The number of aromatic nitrogens is 2. The number of ether oxygens (including phenoxy) is 1. The van der Waals surface area contributed by atoms with Crippen molar-refractivity contribution in [3.05, 3.63) is 53.9 Å². The number of alkyl halides is 3. The molecule has 2 aliphatic rings. The summed E-state index contributed by atoms with van der Waals surface area (Å²) in [5, 5.41) is 13.4. The maximum Gasteiger partial charge on any atom is 0.416 e. The number of hydrogen-bond donors (Lipinski definition) is 1. The van der Waals surface area contributed by atoms with Crippen LogP contribution in [-0.4, -0.2) is 58.1 Å². The number of anilines is 1. The Morgan fingerprint density at radius 2 is 1.85 bits per heavy atom. The lowest BCUT2D eigenvalue weighted by Crippen LogP contribution is -2.43. The largest absolute Gasteiger partial charge is 0.506 e.